The minimum Gasteiger partial charge on any atom is -0.490 e. The quantitative estimate of drug-likeness (QED) is 0.421. The molecule has 28 heavy (non-hydrogen) atoms. The molecule has 1 aromatic heterocycles. The smallest absolute Gasteiger partial charge is 0.191 e. The normalized spacial score (nSPS) is 16.9. The fourth-order valence-electron chi connectivity index (χ4n) is 3.07. The lowest BCUT2D eigenvalue weighted by Gasteiger charge is -2.20. The Morgan fingerprint density at radius 3 is 3.00 bits per heavy atom. The lowest BCUT2D eigenvalue weighted by molar-refractivity contribution is 0.328. The van der Waals surface area contributed by atoms with Gasteiger partial charge in [-0.2, -0.15) is 0 Å². The molecular formula is C20H25ClFN5O. The summed E-state index contributed by atoms with van der Waals surface area (Å²) in [6, 6.07) is 10.6. The molecule has 1 saturated heterocycles. The van der Waals surface area contributed by atoms with Crippen LogP contribution < -0.4 is 20.3 Å². The van der Waals surface area contributed by atoms with Gasteiger partial charge in [0.25, 0.3) is 0 Å². The Balaban J connectivity index is 1.51. The van der Waals surface area contributed by atoms with Crippen LogP contribution in [-0.2, 0) is 0 Å². The van der Waals surface area contributed by atoms with Crippen LogP contribution in [0.25, 0.3) is 0 Å². The first-order chi connectivity index (χ1) is 13.7. The van der Waals surface area contributed by atoms with Crippen molar-refractivity contribution in [2.45, 2.75) is 19.4 Å². The minimum absolute atomic E-state index is 0.170. The molecule has 0 bridgehead atoms. The number of pyridine rings is 1. The molecule has 0 amide bonds. The van der Waals surface area contributed by atoms with Crippen molar-refractivity contribution >= 4 is 23.4 Å². The average Bonchev–Trinajstić information content (AvgIpc) is 3.15. The molecule has 0 aliphatic carbocycles. The van der Waals surface area contributed by atoms with E-state index in [4.69, 9.17) is 16.3 Å². The molecule has 1 fully saturated rings. The first-order valence-electron chi connectivity index (χ1n) is 9.45. The molecule has 3 rings (SSSR count). The molecule has 2 heterocycles. The fraction of sp³-hybridized carbons (Fsp3) is 0.400. The summed E-state index contributed by atoms with van der Waals surface area (Å²) in [4.78, 5) is 10.7. The van der Waals surface area contributed by atoms with Gasteiger partial charge in [0.2, 0.25) is 0 Å². The van der Waals surface area contributed by atoms with Crippen molar-refractivity contribution in [2.24, 2.45) is 4.99 Å². The number of ether oxygens (including phenoxy) is 1. The number of rotatable bonds is 7. The van der Waals surface area contributed by atoms with Gasteiger partial charge in [0, 0.05) is 31.9 Å². The van der Waals surface area contributed by atoms with Crippen molar-refractivity contribution in [3.05, 3.63) is 53.4 Å². The van der Waals surface area contributed by atoms with Crippen LogP contribution in [0.1, 0.15) is 13.3 Å². The van der Waals surface area contributed by atoms with E-state index in [2.05, 4.69) is 20.6 Å². The van der Waals surface area contributed by atoms with Crippen molar-refractivity contribution < 1.29 is 9.13 Å². The lowest BCUT2D eigenvalue weighted by Crippen LogP contribution is -2.45. The topological polar surface area (TPSA) is 61.8 Å². The van der Waals surface area contributed by atoms with Crippen LogP contribution in [0.15, 0.2) is 47.6 Å². The predicted molar refractivity (Wildman–Crippen MR) is 111 cm³/mol. The van der Waals surface area contributed by atoms with Crippen molar-refractivity contribution in [1.82, 2.24) is 15.6 Å². The monoisotopic (exact) mass is 405 g/mol. The second-order valence-electron chi connectivity index (χ2n) is 6.42. The zero-order chi connectivity index (χ0) is 19.8. The van der Waals surface area contributed by atoms with E-state index in [0.717, 1.165) is 25.5 Å². The Bertz CT molecular complexity index is 804. The number of nitrogens with zero attached hydrogens (tertiary/aromatic N) is 3. The van der Waals surface area contributed by atoms with E-state index >= 15 is 0 Å². The van der Waals surface area contributed by atoms with Gasteiger partial charge >= 0.3 is 0 Å². The SMILES string of the molecule is CCNC(=NCCOc1ccccc1Cl)NC1CCN(c2ncccc2F)C1. The molecule has 0 saturated carbocycles. The van der Waals surface area contributed by atoms with E-state index in [1.807, 2.05) is 30.0 Å². The van der Waals surface area contributed by atoms with E-state index in [1.54, 1.807) is 18.3 Å². The Morgan fingerprint density at radius 2 is 2.21 bits per heavy atom. The molecule has 1 unspecified atom stereocenters. The van der Waals surface area contributed by atoms with Crippen LogP contribution in [0.3, 0.4) is 0 Å². The van der Waals surface area contributed by atoms with Crippen LogP contribution in [-0.4, -0.2) is 49.8 Å². The summed E-state index contributed by atoms with van der Waals surface area (Å²) in [5, 5.41) is 7.23. The Morgan fingerprint density at radius 1 is 1.36 bits per heavy atom. The van der Waals surface area contributed by atoms with E-state index in [1.165, 1.54) is 6.07 Å². The van der Waals surface area contributed by atoms with Gasteiger partial charge in [-0.3, -0.25) is 0 Å². The maximum Gasteiger partial charge on any atom is 0.191 e. The molecule has 6 nitrogen and oxygen atoms in total. The van der Waals surface area contributed by atoms with Gasteiger partial charge in [0.1, 0.15) is 12.4 Å². The molecular weight excluding hydrogens is 381 g/mol. The minimum atomic E-state index is -0.291. The number of hydrogen-bond acceptors (Lipinski definition) is 4. The van der Waals surface area contributed by atoms with Gasteiger partial charge in [-0.15, -0.1) is 0 Å². The highest BCUT2D eigenvalue weighted by atomic mass is 35.5. The van der Waals surface area contributed by atoms with Gasteiger partial charge in [-0.05, 0) is 37.6 Å². The number of anilines is 1. The highest BCUT2D eigenvalue weighted by Gasteiger charge is 2.25. The maximum absolute atomic E-state index is 13.9. The van der Waals surface area contributed by atoms with Gasteiger partial charge < -0.3 is 20.3 Å². The van der Waals surface area contributed by atoms with Gasteiger partial charge in [-0.1, -0.05) is 23.7 Å². The highest BCUT2D eigenvalue weighted by molar-refractivity contribution is 6.32. The molecule has 1 aliphatic heterocycles. The fourth-order valence-corrected chi connectivity index (χ4v) is 3.26. The van der Waals surface area contributed by atoms with Gasteiger partial charge in [0.15, 0.2) is 17.6 Å². The Kier molecular flexibility index (Phi) is 7.31. The predicted octanol–water partition coefficient (Wildman–Crippen LogP) is 3.09. The van der Waals surface area contributed by atoms with Crippen molar-refractivity contribution in [2.75, 3.05) is 37.7 Å². The van der Waals surface area contributed by atoms with Crippen molar-refractivity contribution in [1.29, 1.82) is 0 Å². The number of benzene rings is 1. The summed E-state index contributed by atoms with van der Waals surface area (Å²) >= 11 is 6.08. The first-order valence-corrected chi connectivity index (χ1v) is 9.82. The van der Waals surface area contributed by atoms with Gasteiger partial charge in [0.05, 0.1) is 11.6 Å². The summed E-state index contributed by atoms with van der Waals surface area (Å²) in [5.41, 5.74) is 0. The molecule has 0 radical (unpaired) electrons. The number of aromatic nitrogens is 1. The molecule has 1 aliphatic rings. The summed E-state index contributed by atoms with van der Waals surface area (Å²) in [5.74, 6) is 1.49. The molecule has 1 atom stereocenters. The largest absolute Gasteiger partial charge is 0.490 e. The molecule has 1 aromatic carbocycles. The lowest BCUT2D eigenvalue weighted by atomic mass is 10.3. The number of aliphatic imine (C=N–C) groups is 1. The van der Waals surface area contributed by atoms with E-state index < -0.39 is 0 Å². The average molecular weight is 406 g/mol. The number of nitrogens with one attached hydrogen (secondary N) is 2. The second kappa shape index (κ2) is 10.1. The van der Waals surface area contributed by atoms with E-state index in [0.29, 0.717) is 36.3 Å². The zero-order valence-electron chi connectivity index (χ0n) is 15.9. The molecule has 150 valence electrons. The summed E-state index contributed by atoms with van der Waals surface area (Å²) in [7, 11) is 0. The Labute approximate surface area is 169 Å². The van der Waals surface area contributed by atoms with E-state index in [9.17, 15) is 4.39 Å². The third-order valence-corrected chi connectivity index (χ3v) is 4.68. The summed E-state index contributed by atoms with van der Waals surface area (Å²) in [6.45, 7) is 5.11. The van der Waals surface area contributed by atoms with Crippen molar-refractivity contribution in [3.63, 3.8) is 0 Å². The maximum atomic E-state index is 13.9. The first kappa shape index (κ1) is 20.2. The third-order valence-electron chi connectivity index (χ3n) is 4.37. The number of guanidine groups is 1. The Hall–Kier alpha value is -2.54. The van der Waals surface area contributed by atoms with Gasteiger partial charge in [-0.25, -0.2) is 14.4 Å². The van der Waals surface area contributed by atoms with Crippen LogP contribution >= 0.6 is 11.6 Å². The number of hydrogen-bond donors (Lipinski definition) is 2. The van der Waals surface area contributed by atoms with Crippen LogP contribution in [0.4, 0.5) is 10.2 Å². The summed E-state index contributed by atoms with van der Waals surface area (Å²) < 4.78 is 19.6. The van der Waals surface area contributed by atoms with Crippen LogP contribution in [0.5, 0.6) is 5.75 Å². The second-order valence-corrected chi connectivity index (χ2v) is 6.83. The van der Waals surface area contributed by atoms with Crippen LogP contribution in [0.2, 0.25) is 5.02 Å². The molecule has 2 N–H and O–H groups in total. The molecule has 8 heteroatoms. The summed E-state index contributed by atoms with van der Waals surface area (Å²) in [6.07, 6.45) is 2.50. The highest BCUT2D eigenvalue weighted by Crippen LogP contribution is 2.23. The number of para-hydroxylation sites is 1. The van der Waals surface area contributed by atoms with Crippen molar-refractivity contribution in [3.8, 4) is 5.75 Å². The molecule has 2 aromatic rings. The standard InChI is InChI=1S/C20H25ClFN5O/c1-2-23-20(25-11-13-28-18-8-4-3-6-16(18)21)26-15-9-12-27(14-15)19-17(22)7-5-10-24-19/h3-8,10,15H,2,9,11-14H2,1H3,(H2,23,25,26). The number of halogens is 2. The zero-order valence-corrected chi connectivity index (χ0v) is 16.6. The van der Waals surface area contributed by atoms with Crippen LogP contribution in [0, 0.1) is 5.82 Å². The van der Waals surface area contributed by atoms with E-state index in [-0.39, 0.29) is 11.9 Å². The third kappa shape index (κ3) is 5.48. The molecule has 0 spiro atoms.